The summed E-state index contributed by atoms with van der Waals surface area (Å²) in [6, 6.07) is 7.06. The van der Waals surface area contributed by atoms with E-state index in [0.29, 0.717) is 17.3 Å². The maximum absolute atomic E-state index is 12.6. The van der Waals surface area contributed by atoms with E-state index in [-0.39, 0.29) is 11.5 Å². The molecule has 0 radical (unpaired) electrons. The number of hydrogen-bond acceptors (Lipinski definition) is 5. The Balaban J connectivity index is 1.63. The van der Waals surface area contributed by atoms with Gasteiger partial charge in [-0.3, -0.25) is 4.79 Å². The Morgan fingerprint density at radius 3 is 2.81 bits per heavy atom. The zero-order valence-electron chi connectivity index (χ0n) is 15.2. The fourth-order valence-electron chi connectivity index (χ4n) is 3.47. The predicted octanol–water partition coefficient (Wildman–Crippen LogP) is 4.07. The molecule has 0 aliphatic heterocycles. The molecule has 1 N–H and O–H groups in total. The Morgan fingerprint density at radius 2 is 2.07 bits per heavy atom. The second-order valence-electron chi connectivity index (χ2n) is 6.93. The first-order valence-corrected chi connectivity index (χ1v) is 9.78. The van der Waals surface area contributed by atoms with E-state index in [1.54, 1.807) is 29.5 Å². The summed E-state index contributed by atoms with van der Waals surface area (Å²) in [5, 5.41) is 0.765. The Bertz CT molecular complexity index is 1090. The third-order valence-corrected chi connectivity index (χ3v) is 6.10. The third kappa shape index (κ3) is 3.45. The Kier molecular flexibility index (Phi) is 4.66. The van der Waals surface area contributed by atoms with Gasteiger partial charge in [0.05, 0.1) is 18.1 Å². The summed E-state index contributed by atoms with van der Waals surface area (Å²) in [6.45, 7) is 2.25. The summed E-state index contributed by atoms with van der Waals surface area (Å²) < 4.78 is 4.70. The molecule has 1 aliphatic carbocycles. The minimum atomic E-state index is -0.363. The van der Waals surface area contributed by atoms with E-state index in [1.807, 2.05) is 18.2 Å². The molecule has 6 heteroatoms. The van der Waals surface area contributed by atoms with Crippen LogP contribution in [0.4, 0.5) is 0 Å². The summed E-state index contributed by atoms with van der Waals surface area (Å²) in [7, 11) is 1.36. The summed E-state index contributed by atoms with van der Waals surface area (Å²) >= 11 is 1.64. The lowest BCUT2D eigenvalue weighted by atomic mass is 9.89. The number of H-pyrrole nitrogens is 1. The predicted molar refractivity (Wildman–Crippen MR) is 108 cm³/mol. The van der Waals surface area contributed by atoms with Crippen molar-refractivity contribution in [1.82, 2.24) is 9.97 Å². The molecule has 0 fully saturated rings. The highest BCUT2D eigenvalue weighted by atomic mass is 32.1. The standard InChI is InChI=1S/C21H20N2O3S/c1-12-3-9-15-16(11-12)27-20-18(15)19(24)22-17(23-20)10-6-13-4-7-14(8-5-13)21(25)26-2/h4-8,10,12H,3,9,11H2,1-2H3,(H,22,23,24)/b10-6+/t12-/m0/s1. The number of carbonyl (C=O) groups is 1. The van der Waals surface area contributed by atoms with Gasteiger partial charge >= 0.3 is 5.97 Å². The number of hydrogen-bond donors (Lipinski definition) is 1. The van der Waals surface area contributed by atoms with Crippen LogP contribution < -0.4 is 5.56 Å². The Labute approximate surface area is 160 Å². The molecule has 1 aliphatic rings. The van der Waals surface area contributed by atoms with Crippen molar-refractivity contribution < 1.29 is 9.53 Å². The van der Waals surface area contributed by atoms with Gasteiger partial charge in [0.1, 0.15) is 10.7 Å². The first kappa shape index (κ1) is 17.7. The van der Waals surface area contributed by atoms with Crippen molar-refractivity contribution in [2.45, 2.75) is 26.2 Å². The van der Waals surface area contributed by atoms with Crippen molar-refractivity contribution in [1.29, 1.82) is 0 Å². The highest BCUT2D eigenvalue weighted by molar-refractivity contribution is 7.18. The molecular formula is C21H20N2O3S. The average molecular weight is 380 g/mol. The van der Waals surface area contributed by atoms with Crippen LogP contribution in [0.1, 0.15) is 45.5 Å². The van der Waals surface area contributed by atoms with E-state index in [9.17, 15) is 9.59 Å². The molecule has 0 spiro atoms. The van der Waals surface area contributed by atoms with Crippen molar-refractivity contribution in [3.63, 3.8) is 0 Å². The topological polar surface area (TPSA) is 72.0 Å². The van der Waals surface area contributed by atoms with E-state index in [4.69, 9.17) is 4.74 Å². The van der Waals surface area contributed by atoms with Crippen LogP contribution in [0, 0.1) is 5.92 Å². The highest BCUT2D eigenvalue weighted by Crippen LogP contribution is 2.35. The number of methoxy groups -OCH3 is 1. The van der Waals surface area contributed by atoms with Crippen LogP contribution in [0.2, 0.25) is 0 Å². The van der Waals surface area contributed by atoms with Gasteiger partial charge in [-0.2, -0.15) is 0 Å². The second kappa shape index (κ2) is 7.12. The molecule has 1 atom stereocenters. The van der Waals surface area contributed by atoms with Gasteiger partial charge in [-0.25, -0.2) is 9.78 Å². The Morgan fingerprint density at radius 1 is 1.30 bits per heavy atom. The van der Waals surface area contributed by atoms with Gasteiger partial charge in [0.25, 0.3) is 5.56 Å². The van der Waals surface area contributed by atoms with Gasteiger partial charge in [0.2, 0.25) is 0 Å². The molecule has 138 valence electrons. The fraction of sp³-hybridized carbons (Fsp3) is 0.286. The van der Waals surface area contributed by atoms with Crippen molar-refractivity contribution in [3.05, 3.63) is 62.0 Å². The van der Waals surface area contributed by atoms with Crippen molar-refractivity contribution in [2.24, 2.45) is 5.92 Å². The van der Waals surface area contributed by atoms with Crippen LogP contribution in [0.3, 0.4) is 0 Å². The normalized spacial score (nSPS) is 16.6. The van der Waals surface area contributed by atoms with Gasteiger partial charge < -0.3 is 9.72 Å². The number of rotatable bonds is 3. The molecule has 0 unspecified atom stereocenters. The van der Waals surface area contributed by atoms with Gasteiger partial charge in [-0.15, -0.1) is 11.3 Å². The molecule has 27 heavy (non-hydrogen) atoms. The number of aryl methyl sites for hydroxylation is 1. The number of benzene rings is 1. The number of carbonyl (C=O) groups excluding carboxylic acids is 1. The molecule has 5 nitrogen and oxygen atoms in total. The van der Waals surface area contributed by atoms with Gasteiger partial charge in [-0.1, -0.05) is 25.1 Å². The van der Waals surface area contributed by atoms with Crippen LogP contribution in [-0.2, 0) is 17.6 Å². The molecule has 3 aromatic rings. The third-order valence-electron chi connectivity index (χ3n) is 4.95. The second-order valence-corrected chi connectivity index (χ2v) is 8.01. The van der Waals surface area contributed by atoms with Crippen LogP contribution in [-0.4, -0.2) is 23.0 Å². The number of thiophene rings is 1. The van der Waals surface area contributed by atoms with E-state index in [2.05, 4.69) is 16.9 Å². The van der Waals surface area contributed by atoms with Crippen LogP contribution >= 0.6 is 11.3 Å². The van der Waals surface area contributed by atoms with Crippen molar-refractivity contribution in [2.75, 3.05) is 7.11 Å². The number of esters is 1. The number of nitrogens with one attached hydrogen (secondary N) is 1. The average Bonchev–Trinajstić information content (AvgIpc) is 3.03. The number of aromatic amines is 1. The smallest absolute Gasteiger partial charge is 0.337 e. The van der Waals surface area contributed by atoms with Gasteiger partial charge in [0, 0.05) is 4.88 Å². The maximum Gasteiger partial charge on any atom is 0.337 e. The molecule has 4 rings (SSSR count). The van der Waals surface area contributed by atoms with Crippen molar-refractivity contribution in [3.8, 4) is 0 Å². The first-order valence-electron chi connectivity index (χ1n) is 8.96. The van der Waals surface area contributed by atoms with Gasteiger partial charge in [0.15, 0.2) is 0 Å². The number of fused-ring (bicyclic) bond motifs is 3. The highest BCUT2D eigenvalue weighted by Gasteiger charge is 2.22. The summed E-state index contributed by atoms with van der Waals surface area (Å²) in [5.41, 5.74) is 2.54. The van der Waals surface area contributed by atoms with Crippen LogP contribution in [0.5, 0.6) is 0 Å². The minimum absolute atomic E-state index is 0.0623. The van der Waals surface area contributed by atoms with E-state index < -0.39 is 0 Å². The summed E-state index contributed by atoms with van der Waals surface area (Å²) in [5.74, 6) is 0.839. The lowest BCUT2D eigenvalue weighted by Crippen LogP contribution is -2.13. The monoisotopic (exact) mass is 380 g/mol. The largest absolute Gasteiger partial charge is 0.465 e. The van der Waals surface area contributed by atoms with E-state index in [0.717, 1.165) is 35.0 Å². The molecule has 0 amide bonds. The summed E-state index contributed by atoms with van der Waals surface area (Å²) in [6.07, 6.45) is 6.77. The number of aromatic nitrogens is 2. The zero-order chi connectivity index (χ0) is 19.0. The number of nitrogens with zero attached hydrogens (tertiary/aromatic N) is 1. The maximum atomic E-state index is 12.6. The summed E-state index contributed by atoms with van der Waals surface area (Å²) in [4.78, 5) is 33.7. The fourth-order valence-corrected chi connectivity index (χ4v) is 4.86. The molecule has 0 saturated carbocycles. The molecule has 0 bridgehead atoms. The quantitative estimate of drug-likeness (QED) is 0.696. The molecular weight excluding hydrogens is 360 g/mol. The Hall–Kier alpha value is -2.73. The van der Waals surface area contributed by atoms with E-state index in [1.165, 1.54) is 17.6 Å². The molecule has 2 heterocycles. The molecule has 0 saturated heterocycles. The lowest BCUT2D eigenvalue weighted by molar-refractivity contribution is 0.0600. The number of ether oxygens (including phenoxy) is 1. The minimum Gasteiger partial charge on any atom is -0.465 e. The lowest BCUT2D eigenvalue weighted by Gasteiger charge is -2.17. The first-order chi connectivity index (χ1) is 13.0. The van der Waals surface area contributed by atoms with Crippen LogP contribution in [0.25, 0.3) is 22.4 Å². The molecule has 1 aromatic carbocycles. The zero-order valence-corrected chi connectivity index (χ0v) is 16.1. The van der Waals surface area contributed by atoms with E-state index >= 15 is 0 Å². The molecule has 2 aromatic heterocycles. The van der Waals surface area contributed by atoms with Gasteiger partial charge in [-0.05, 0) is 54.5 Å². The van der Waals surface area contributed by atoms with Crippen LogP contribution in [0.15, 0.2) is 29.1 Å². The van der Waals surface area contributed by atoms with Crippen molar-refractivity contribution >= 4 is 39.7 Å². The SMILES string of the molecule is COC(=O)c1ccc(/C=C/c2nc3sc4c(c3c(=O)[nH]2)CC[C@H](C)C4)cc1.